The third-order valence-corrected chi connectivity index (χ3v) is 4.04. The summed E-state index contributed by atoms with van der Waals surface area (Å²) >= 11 is 0. The van der Waals surface area contributed by atoms with Crippen LogP contribution < -0.4 is 0 Å². The van der Waals surface area contributed by atoms with E-state index in [1.165, 1.54) is 0 Å². The van der Waals surface area contributed by atoms with Crippen LogP contribution in [-0.4, -0.2) is 95.6 Å². The van der Waals surface area contributed by atoms with Gasteiger partial charge in [-0.15, -0.1) is 0 Å². The predicted molar refractivity (Wildman–Crippen MR) is 85.2 cm³/mol. The summed E-state index contributed by atoms with van der Waals surface area (Å²) in [5, 5.41) is 29.6. The number of aliphatic hydroxyl groups excluding tert-OH is 3. The molecule has 0 aromatic rings. The Labute approximate surface area is 160 Å². The summed E-state index contributed by atoms with van der Waals surface area (Å²) in [6.07, 6.45) is -11.0. The van der Waals surface area contributed by atoms with Gasteiger partial charge in [-0.1, -0.05) is 0 Å². The van der Waals surface area contributed by atoms with E-state index < -0.39 is 67.1 Å². The van der Waals surface area contributed by atoms with E-state index in [2.05, 4.69) is 0 Å². The summed E-state index contributed by atoms with van der Waals surface area (Å²) in [5.41, 5.74) is 0. The normalized spacial score (nSPS) is 38.4. The highest BCUT2D eigenvalue weighted by Gasteiger charge is 2.50. The van der Waals surface area contributed by atoms with Crippen LogP contribution in [-0.2, 0) is 42.8 Å². The Kier molecular flexibility index (Phi) is 7.69. The monoisotopic (exact) mass is 408 g/mol. The van der Waals surface area contributed by atoms with Gasteiger partial charge in [-0.25, -0.2) is 0 Å². The molecule has 0 aliphatic carbocycles. The molecule has 8 atom stereocenters. The predicted octanol–water partition coefficient (Wildman–Crippen LogP) is -2.41. The number of hydrogen-bond donors (Lipinski definition) is 3. The van der Waals surface area contributed by atoms with Crippen molar-refractivity contribution in [2.75, 3.05) is 13.2 Å². The van der Waals surface area contributed by atoms with Crippen molar-refractivity contribution in [1.29, 1.82) is 0 Å². The third-order valence-electron chi connectivity index (χ3n) is 4.04. The van der Waals surface area contributed by atoms with E-state index in [4.69, 9.17) is 28.4 Å². The van der Waals surface area contributed by atoms with Gasteiger partial charge >= 0.3 is 17.9 Å². The molecule has 3 N–H and O–H groups in total. The Morgan fingerprint density at radius 1 is 0.786 bits per heavy atom. The third kappa shape index (κ3) is 5.59. The minimum atomic E-state index is -1.62. The summed E-state index contributed by atoms with van der Waals surface area (Å²) in [7, 11) is 0. The Morgan fingerprint density at radius 3 is 1.93 bits per heavy atom. The smallest absolute Gasteiger partial charge is 0.303 e. The minimum absolute atomic E-state index is 0.280. The molecule has 0 bridgehead atoms. The van der Waals surface area contributed by atoms with Crippen LogP contribution in [0.15, 0.2) is 0 Å². The lowest BCUT2D eigenvalue weighted by Gasteiger charge is -2.43. The lowest BCUT2D eigenvalue weighted by molar-refractivity contribution is -0.331. The first-order chi connectivity index (χ1) is 13.1. The molecule has 160 valence electrons. The molecule has 2 aliphatic heterocycles. The van der Waals surface area contributed by atoms with Crippen LogP contribution in [0.3, 0.4) is 0 Å². The molecule has 2 fully saturated rings. The number of rotatable bonds is 5. The Bertz CT molecular complexity index is 580. The van der Waals surface area contributed by atoms with Crippen molar-refractivity contribution in [3.63, 3.8) is 0 Å². The fourth-order valence-electron chi connectivity index (χ4n) is 2.93. The number of aliphatic hydroxyl groups is 3. The van der Waals surface area contributed by atoms with Gasteiger partial charge < -0.3 is 43.7 Å². The molecule has 28 heavy (non-hydrogen) atoms. The van der Waals surface area contributed by atoms with E-state index in [0.29, 0.717) is 0 Å². The Hall–Kier alpha value is -1.83. The van der Waals surface area contributed by atoms with Gasteiger partial charge in [-0.2, -0.15) is 0 Å². The van der Waals surface area contributed by atoms with Crippen LogP contribution in [0.1, 0.15) is 20.8 Å². The van der Waals surface area contributed by atoms with Crippen LogP contribution in [0.2, 0.25) is 0 Å². The summed E-state index contributed by atoms with van der Waals surface area (Å²) in [4.78, 5) is 34.4. The molecule has 2 heterocycles. The fourth-order valence-corrected chi connectivity index (χ4v) is 2.93. The number of carbonyl (C=O) groups excluding carboxylic acids is 3. The molecule has 0 aromatic heterocycles. The van der Waals surface area contributed by atoms with Gasteiger partial charge in [0.25, 0.3) is 0 Å². The number of hydrogen-bond acceptors (Lipinski definition) is 12. The highest BCUT2D eigenvalue weighted by Crippen LogP contribution is 2.28. The molecular formula is C16H24O12. The van der Waals surface area contributed by atoms with E-state index in [1.807, 2.05) is 0 Å². The number of carbonyl (C=O) groups is 3. The Morgan fingerprint density at radius 2 is 1.36 bits per heavy atom. The average molecular weight is 408 g/mol. The molecule has 2 rings (SSSR count). The van der Waals surface area contributed by atoms with Gasteiger partial charge in [-0.3, -0.25) is 14.4 Å². The second-order valence-electron chi connectivity index (χ2n) is 6.38. The van der Waals surface area contributed by atoms with Crippen molar-refractivity contribution in [3.8, 4) is 0 Å². The van der Waals surface area contributed by atoms with Crippen LogP contribution in [0.5, 0.6) is 0 Å². The summed E-state index contributed by atoms with van der Waals surface area (Å²) < 4.78 is 31.1. The molecule has 0 amide bonds. The summed E-state index contributed by atoms with van der Waals surface area (Å²) in [6.45, 7) is 2.75. The first-order valence-corrected chi connectivity index (χ1v) is 8.54. The second-order valence-corrected chi connectivity index (χ2v) is 6.38. The Balaban J connectivity index is 2.25. The quantitative estimate of drug-likeness (QED) is 0.326. The lowest BCUT2D eigenvalue weighted by Crippen LogP contribution is -2.62. The highest BCUT2D eigenvalue weighted by molar-refractivity contribution is 5.68. The van der Waals surface area contributed by atoms with E-state index >= 15 is 0 Å². The summed E-state index contributed by atoms with van der Waals surface area (Å²) in [6, 6.07) is 0. The number of ether oxygens (including phenoxy) is 6. The van der Waals surface area contributed by atoms with Crippen molar-refractivity contribution in [1.82, 2.24) is 0 Å². The van der Waals surface area contributed by atoms with Gasteiger partial charge in [-0.05, 0) is 0 Å². The van der Waals surface area contributed by atoms with Crippen molar-refractivity contribution < 1.29 is 58.1 Å². The lowest BCUT2D eigenvalue weighted by atomic mass is 10.0. The zero-order valence-electron chi connectivity index (χ0n) is 15.5. The highest BCUT2D eigenvalue weighted by atomic mass is 16.7. The fraction of sp³-hybridized carbons (Fsp3) is 0.812. The molecular weight excluding hydrogens is 384 g/mol. The first kappa shape index (κ1) is 22.5. The average Bonchev–Trinajstić information content (AvgIpc) is 2.58. The first-order valence-electron chi connectivity index (χ1n) is 8.54. The van der Waals surface area contributed by atoms with Gasteiger partial charge in [0, 0.05) is 20.8 Å². The molecule has 0 aromatic carbocycles. The van der Waals surface area contributed by atoms with Crippen LogP contribution >= 0.6 is 0 Å². The maximum absolute atomic E-state index is 11.6. The second kappa shape index (κ2) is 9.58. The van der Waals surface area contributed by atoms with E-state index in [-0.39, 0.29) is 13.2 Å². The van der Waals surface area contributed by atoms with E-state index in [9.17, 15) is 29.7 Å². The maximum atomic E-state index is 11.6. The van der Waals surface area contributed by atoms with Crippen LogP contribution in [0.4, 0.5) is 0 Å². The van der Waals surface area contributed by atoms with Gasteiger partial charge in [0.15, 0.2) is 30.9 Å². The molecule has 2 saturated heterocycles. The molecule has 0 spiro atoms. The van der Waals surface area contributed by atoms with Crippen molar-refractivity contribution in [2.24, 2.45) is 0 Å². The topological polar surface area (TPSA) is 167 Å². The van der Waals surface area contributed by atoms with Gasteiger partial charge in [0.1, 0.15) is 18.3 Å². The van der Waals surface area contributed by atoms with Crippen molar-refractivity contribution in [3.05, 3.63) is 0 Å². The van der Waals surface area contributed by atoms with Crippen LogP contribution in [0.25, 0.3) is 0 Å². The van der Waals surface area contributed by atoms with Crippen molar-refractivity contribution in [2.45, 2.75) is 70.0 Å². The van der Waals surface area contributed by atoms with Gasteiger partial charge in [0.05, 0.1) is 13.2 Å². The zero-order valence-corrected chi connectivity index (χ0v) is 15.5. The van der Waals surface area contributed by atoms with Crippen molar-refractivity contribution >= 4 is 17.9 Å². The zero-order chi connectivity index (χ0) is 21.0. The standard InChI is InChI=1S/C16H24O12/c1-6(17)25-10-5-24-16(14(27-8(3)19)13(10)26-7(2)18)28-12-9(20)4-23-15(22)11(12)21/h9-16,20-22H,4-5H2,1-3H3/t9-,10+,11+,12-,13-,14+,15+,16-/m0/s1. The summed E-state index contributed by atoms with van der Waals surface area (Å²) in [5.74, 6) is -2.18. The molecule has 0 saturated carbocycles. The molecule has 0 radical (unpaired) electrons. The van der Waals surface area contributed by atoms with E-state index in [1.54, 1.807) is 0 Å². The van der Waals surface area contributed by atoms with Gasteiger partial charge in [0.2, 0.25) is 0 Å². The van der Waals surface area contributed by atoms with Crippen LogP contribution in [0, 0.1) is 0 Å². The molecule has 2 aliphatic rings. The SMILES string of the molecule is CC(=O)O[C@@H]1[C@@H](OC(C)=O)[C@H](O[C@@H]2[C@@H](O)[C@H](O)OC[C@@H]2O)OC[C@H]1OC(C)=O. The molecule has 12 nitrogen and oxygen atoms in total. The largest absolute Gasteiger partial charge is 0.456 e. The van der Waals surface area contributed by atoms with E-state index in [0.717, 1.165) is 20.8 Å². The molecule has 0 unspecified atom stereocenters. The minimum Gasteiger partial charge on any atom is -0.456 e. The maximum Gasteiger partial charge on any atom is 0.303 e. The number of esters is 3. The molecule has 12 heteroatoms.